The highest BCUT2D eigenvalue weighted by atomic mass is 16.5. The number of hydrogen-bond acceptors (Lipinski definition) is 4. The lowest BCUT2D eigenvalue weighted by molar-refractivity contribution is -0.156. The van der Waals surface area contributed by atoms with Crippen molar-refractivity contribution in [3.63, 3.8) is 0 Å². The Bertz CT molecular complexity index is 496. The minimum atomic E-state index is -0.0540. The van der Waals surface area contributed by atoms with Crippen molar-refractivity contribution in [2.75, 3.05) is 13.2 Å². The van der Waals surface area contributed by atoms with Crippen LogP contribution < -0.4 is 0 Å². The summed E-state index contributed by atoms with van der Waals surface area (Å²) in [4.78, 5) is 25.0. The molecule has 0 aliphatic heterocycles. The largest absolute Gasteiger partial charge is 0.465 e. The number of hydrogen-bond donors (Lipinski definition) is 0. The molecule has 0 amide bonds. The number of carbonyl (C=O) groups is 2. The van der Waals surface area contributed by atoms with Gasteiger partial charge in [0.25, 0.3) is 0 Å². The molecule has 0 aromatic heterocycles. The van der Waals surface area contributed by atoms with E-state index in [1.54, 1.807) is 0 Å². The van der Waals surface area contributed by atoms with Crippen molar-refractivity contribution in [3.8, 4) is 0 Å². The summed E-state index contributed by atoms with van der Waals surface area (Å²) < 4.78 is 11.3. The molecule has 0 bridgehead atoms. The van der Waals surface area contributed by atoms with Crippen LogP contribution in [-0.4, -0.2) is 25.2 Å². The van der Waals surface area contributed by atoms with Gasteiger partial charge in [0.15, 0.2) is 0 Å². The van der Waals surface area contributed by atoms with Gasteiger partial charge in [-0.25, -0.2) is 0 Å². The molecule has 1 aliphatic rings. The average molecular weight is 481 g/mol. The Morgan fingerprint density at radius 3 is 1.59 bits per heavy atom. The summed E-state index contributed by atoms with van der Waals surface area (Å²) >= 11 is 0. The van der Waals surface area contributed by atoms with Gasteiger partial charge in [-0.3, -0.25) is 9.59 Å². The fraction of sp³-hybridized carbons (Fsp3) is 0.933. The molecule has 0 aromatic carbocycles. The van der Waals surface area contributed by atoms with Crippen LogP contribution in [0.3, 0.4) is 0 Å². The molecule has 0 N–H and O–H groups in total. The molecule has 1 fully saturated rings. The van der Waals surface area contributed by atoms with Crippen molar-refractivity contribution in [2.45, 2.75) is 149 Å². The first-order valence-corrected chi connectivity index (χ1v) is 15.0. The summed E-state index contributed by atoms with van der Waals surface area (Å²) in [6, 6.07) is 0. The van der Waals surface area contributed by atoms with E-state index >= 15 is 0 Å². The minimum Gasteiger partial charge on any atom is -0.465 e. The summed E-state index contributed by atoms with van der Waals surface area (Å²) in [5.74, 6) is 0.325. The summed E-state index contributed by atoms with van der Waals surface area (Å²) in [7, 11) is 0. The van der Waals surface area contributed by atoms with Crippen LogP contribution in [-0.2, 0) is 19.1 Å². The Morgan fingerprint density at radius 2 is 1.06 bits per heavy atom. The molecule has 0 radical (unpaired) electrons. The van der Waals surface area contributed by atoms with E-state index in [2.05, 4.69) is 20.8 Å². The van der Waals surface area contributed by atoms with Gasteiger partial charge in [-0.05, 0) is 50.9 Å². The number of carbonyl (C=O) groups excluding carboxylic acids is 2. The first kappa shape index (κ1) is 31.0. The molecule has 0 saturated heterocycles. The van der Waals surface area contributed by atoms with Gasteiger partial charge < -0.3 is 9.47 Å². The lowest BCUT2D eigenvalue weighted by Gasteiger charge is -2.26. The lowest BCUT2D eigenvalue weighted by atomic mass is 9.82. The van der Waals surface area contributed by atoms with Gasteiger partial charge in [0.2, 0.25) is 0 Å². The summed E-state index contributed by atoms with van der Waals surface area (Å²) in [5.41, 5.74) is 0. The monoisotopic (exact) mass is 480 g/mol. The van der Waals surface area contributed by atoms with Gasteiger partial charge in [0, 0.05) is 0 Å². The molecule has 4 heteroatoms. The second-order valence-electron chi connectivity index (χ2n) is 10.7. The van der Waals surface area contributed by atoms with Gasteiger partial charge in [-0.1, -0.05) is 104 Å². The first-order chi connectivity index (χ1) is 16.6. The van der Waals surface area contributed by atoms with E-state index in [0.717, 1.165) is 57.8 Å². The first-order valence-electron chi connectivity index (χ1n) is 15.0. The molecule has 200 valence electrons. The maximum absolute atomic E-state index is 12.6. The highest BCUT2D eigenvalue weighted by Crippen LogP contribution is 2.31. The maximum atomic E-state index is 12.6. The second-order valence-corrected chi connectivity index (χ2v) is 10.7. The predicted molar refractivity (Wildman–Crippen MR) is 142 cm³/mol. The standard InChI is InChI=1S/C30H56O4/c1-4-7-9-10-11-12-13-14-15-17-24-33-29(31)27-20-22-28(23-21-27)30(32)34-25-26(18-6-3)19-16-8-5-2/h26-28H,4-25H2,1-3H3. The van der Waals surface area contributed by atoms with Crippen LogP contribution in [0, 0.1) is 17.8 Å². The zero-order valence-corrected chi connectivity index (χ0v) is 22.9. The van der Waals surface area contributed by atoms with Crippen LogP contribution in [0.1, 0.15) is 149 Å². The molecule has 0 aromatic rings. The third-order valence-corrected chi connectivity index (χ3v) is 7.51. The van der Waals surface area contributed by atoms with E-state index < -0.39 is 0 Å². The highest BCUT2D eigenvalue weighted by molar-refractivity contribution is 5.75. The predicted octanol–water partition coefficient (Wildman–Crippen LogP) is 8.80. The van der Waals surface area contributed by atoms with Crippen LogP contribution in [0.25, 0.3) is 0 Å². The van der Waals surface area contributed by atoms with Crippen LogP contribution in [0.2, 0.25) is 0 Å². The molecular formula is C30H56O4. The van der Waals surface area contributed by atoms with Gasteiger partial charge in [0.05, 0.1) is 25.0 Å². The van der Waals surface area contributed by atoms with Crippen molar-refractivity contribution in [1.29, 1.82) is 0 Å². The Hall–Kier alpha value is -1.06. The van der Waals surface area contributed by atoms with Gasteiger partial charge in [-0.15, -0.1) is 0 Å². The topological polar surface area (TPSA) is 52.6 Å². The molecule has 0 spiro atoms. The Kier molecular flexibility index (Phi) is 19.3. The molecule has 1 saturated carbocycles. The molecular weight excluding hydrogens is 424 g/mol. The number of unbranched alkanes of at least 4 members (excludes halogenated alkanes) is 11. The van der Waals surface area contributed by atoms with E-state index in [9.17, 15) is 9.59 Å². The fourth-order valence-corrected chi connectivity index (χ4v) is 5.17. The Labute approximate surface area is 211 Å². The van der Waals surface area contributed by atoms with Crippen molar-refractivity contribution in [1.82, 2.24) is 0 Å². The van der Waals surface area contributed by atoms with E-state index in [-0.39, 0.29) is 23.8 Å². The second kappa shape index (κ2) is 21.2. The third kappa shape index (κ3) is 15.0. The molecule has 1 rings (SSSR count). The summed E-state index contributed by atoms with van der Waals surface area (Å²) in [6.07, 6.45) is 23.0. The molecule has 1 atom stereocenters. The molecule has 0 heterocycles. The van der Waals surface area contributed by atoms with Crippen molar-refractivity contribution in [3.05, 3.63) is 0 Å². The van der Waals surface area contributed by atoms with Gasteiger partial charge in [-0.2, -0.15) is 0 Å². The fourth-order valence-electron chi connectivity index (χ4n) is 5.17. The Balaban J connectivity index is 2.09. The van der Waals surface area contributed by atoms with Crippen molar-refractivity contribution < 1.29 is 19.1 Å². The van der Waals surface area contributed by atoms with Crippen LogP contribution in [0.4, 0.5) is 0 Å². The average Bonchev–Trinajstić information content (AvgIpc) is 2.85. The molecule has 34 heavy (non-hydrogen) atoms. The number of rotatable bonds is 21. The summed E-state index contributed by atoms with van der Waals surface area (Å²) in [6.45, 7) is 7.80. The molecule has 4 nitrogen and oxygen atoms in total. The van der Waals surface area contributed by atoms with Crippen LogP contribution >= 0.6 is 0 Å². The van der Waals surface area contributed by atoms with Crippen LogP contribution in [0.15, 0.2) is 0 Å². The van der Waals surface area contributed by atoms with Crippen molar-refractivity contribution >= 4 is 11.9 Å². The van der Waals surface area contributed by atoms with E-state index in [0.29, 0.717) is 19.1 Å². The van der Waals surface area contributed by atoms with Crippen LogP contribution in [0.5, 0.6) is 0 Å². The van der Waals surface area contributed by atoms with Gasteiger partial charge in [0.1, 0.15) is 0 Å². The maximum Gasteiger partial charge on any atom is 0.308 e. The van der Waals surface area contributed by atoms with E-state index in [4.69, 9.17) is 9.47 Å². The molecule has 1 aliphatic carbocycles. The SMILES string of the molecule is CCCCCCCCCCCCOC(=O)C1CCC(C(=O)OCC(CCC)CCCCC)CC1. The van der Waals surface area contributed by atoms with E-state index in [1.807, 2.05) is 0 Å². The normalized spacial score (nSPS) is 19.0. The quantitative estimate of drug-likeness (QED) is 0.122. The minimum absolute atomic E-state index is 0.0333. The summed E-state index contributed by atoms with van der Waals surface area (Å²) in [5, 5.41) is 0. The van der Waals surface area contributed by atoms with E-state index in [1.165, 1.54) is 70.6 Å². The smallest absolute Gasteiger partial charge is 0.308 e. The van der Waals surface area contributed by atoms with Gasteiger partial charge >= 0.3 is 11.9 Å². The molecule has 1 unspecified atom stereocenters. The Morgan fingerprint density at radius 1 is 0.588 bits per heavy atom. The third-order valence-electron chi connectivity index (χ3n) is 7.51. The number of ether oxygens (including phenoxy) is 2. The highest BCUT2D eigenvalue weighted by Gasteiger charge is 2.31. The van der Waals surface area contributed by atoms with Crippen molar-refractivity contribution in [2.24, 2.45) is 17.8 Å². The zero-order chi connectivity index (χ0) is 24.9. The lowest BCUT2D eigenvalue weighted by Crippen LogP contribution is -2.29. The zero-order valence-electron chi connectivity index (χ0n) is 22.9. The number of esters is 2.